The Morgan fingerprint density at radius 3 is 2.28 bits per heavy atom. The van der Waals surface area contributed by atoms with E-state index in [2.05, 4.69) is 87.9 Å². The van der Waals surface area contributed by atoms with Crippen LogP contribution in [0.3, 0.4) is 0 Å². The van der Waals surface area contributed by atoms with E-state index in [0.29, 0.717) is 85.2 Å². The molecular formula is C63H82ClFN8O8S. The number of carbonyl (C=O) groups is 6. The van der Waals surface area contributed by atoms with Crippen LogP contribution in [-0.4, -0.2) is 112 Å². The second-order valence-electron chi connectivity index (χ2n) is 19.6. The number of fused-ring (bicyclic) bond motifs is 1. The highest BCUT2D eigenvalue weighted by Crippen LogP contribution is 2.43. The Labute approximate surface area is 494 Å². The molecule has 16 nitrogen and oxygen atoms in total. The topological polar surface area (TPSA) is 209 Å². The highest BCUT2D eigenvalue weighted by atomic mass is 35.5. The Balaban J connectivity index is 1.63. The maximum absolute atomic E-state index is 15.2. The SMILES string of the molecule is C=CC(CC)C(/C=C(\C)C(=C)/C(CCC)=C1\c2c(C)cc(F)c(Cl)c2CCC1NC(=O)COCNC(=O)CNC(=O)C(Cc1ccccc1)NC(=O)CNC(=O)CNC(=C)CCCC#C/C(C=NC(=C)N(C)S)=C/C)=C(\COC)C(C)=O. The van der Waals surface area contributed by atoms with Gasteiger partial charge in [-0.25, -0.2) is 9.38 Å². The molecule has 2 aromatic carbocycles. The average Bonchev–Trinajstić information content (AvgIpc) is 3.49. The van der Waals surface area contributed by atoms with Gasteiger partial charge in [0.15, 0.2) is 5.78 Å². The number of nitrogens with one attached hydrogen (secondary N) is 6. The molecule has 19 heteroatoms. The van der Waals surface area contributed by atoms with Crippen molar-refractivity contribution in [2.24, 2.45) is 10.9 Å². The number of thiol groups is 1. The molecule has 2 aromatic rings. The summed E-state index contributed by atoms with van der Waals surface area (Å²) in [5.74, 6) is 2.95. The second-order valence-corrected chi connectivity index (χ2v) is 20.6. The summed E-state index contributed by atoms with van der Waals surface area (Å²) in [7, 11) is 3.26. The van der Waals surface area contributed by atoms with Gasteiger partial charge >= 0.3 is 0 Å². The van der Waals surface area contributed by atoms with Crippen LogP contribution >= 0.6 is 24.4 Å². The lowest BCUT2D eigenvalue weighted by Crippen LogP contribution is -2.52. The number of nitrogens with zero attached hydrogens (tertiary/aromatic N) is 2. The minimum atomic E-state index is -1.11. The van der Waals surface area contributed by atoms with Crippen LogP contribution in [0.4, 0.5) is 4.39 Å². The number of aliphatic imine (C=N–C) groups is 1. The molecule has 0 aromatic heterocycles. The number of ketones is 1. The van der Waals surface area contributed by atoms with Crippen LogP contribution in [0.1, 0.15) is 102 Å². The molecule has 0 heterocycles. The second kappa shape index (κ2) is 36.2. The van der Waals surface area contributed by atoms with Gasteiger partial charge in [0, 0.05) is 56.0 Å². The monoisotopic (exact) mass is 1160 g/mol. The van der Waals surface area contributed by atoms with E-state index < -0.39 is 67.1 Å². The number of amides is 5. The lowest BCUT2D eigenvalue weighted by atomic mass is 9.76. The third kappa shape index (κ3) is 22.6. The molecule has 0 aliphatic heterocycles. The first kappa shape index (κ1) is 69.0. The van der Waals surface area contributed by atoms with Gasteiger partial charge < -0.3 is 45.7 Å². The number of aryl methyl sites for hydroxylation is 1. The summed E-state index contributed by atoms with van der Waals surface area (Å²) in [5, 5.41) is 16.4. The summed E-state index contributed by atoms with van der Waals surface area (Å²) >= 11 is 10.8. The highest BCUT2D eigenvalue weighted by molar-refractivity contribution is 7.77. The van der Waals surface area contributed by atoms with Crippen LogP contribution in [-0.2, 0) is 51.1 Å². The van der Waals surface area contributed by atoms with Gasteiger partial charge in [0.05, 0.1) is 37.3 Å². The average molecular weight is 1170 g/mol. The Bertz CT molecular complexity index is 2900. The van der Waals surface area contributed by atoms with E-state index in [1.54, 1.807) is 44.5 Å². The van der Waals surface area contributed by atoms with Crippen LogP contribution in [0.25, 0.3) is 5.57 Å². The molecule has 0 saturated heterocycles. The van der Waals surface area contributed by atoms with Crippen LogP contribution in [0.5, 0.6) is 0 Å². The molecule has 3 atom stereocenters. The van der Waals surface area contributed by atoms with Crippen LogP contribution < -0.4 is 31.9 Å². The zero-order chi connectivity index (χ0) is 60.9. The molecule has 0 bridgehead atoms. The number of allylic oxidation sites excluding steroid dienone is 9. The van der Waals surface area contributed by atoms with Gasteiger partial charge in [0.25, 0.3) is 0 Å². The van der Waals surface area contributed by atoms with Crippen molar-refractivity contribution in [3.63, 3.8) is 0 Å². The minimum Gasteiger partial charge on any atom is -0.380 e. The summed E-state index contributed by atoms with van der Waals surface area (Å²) in [5.41, 5.74) is 8.45. The number of benzene rings is 2. The van der Waals surface area contributed by atoms with Crippen LogP contribution in [0.2, 0.25) is 5.02 Å². The lowest BCUT2D eigenvalue weighted by Gasteiger charge is -2.34. The van der Waals surface area contributed by atoms with E-state index in [4.69, 9.17) is 21.1 Å². The van der Waals surface area contributed by atoms with Crippen LogP contribution in [0.15, 0.2) is 131 Å². The zero-order valence-corrected chi connectivity index (χ0v) is 50.5. The quantitative estimate of drug-likeness (QED) is 0.00529. The normalized spacial score (nSPS) is 14.8. The summed E-state index contributed by atoms with van der Waals surface area (Å²) in [6.07, 6.45) is 11.8. The molecule has 5 amide bonds. The summed E-state index contributed by atoms with van der Waals surface area (Å²) in [6, 6.07) is 8.68. The predicted molar refractivity (Wildman–Crippen MR) is 329 cm³/mol. The third-order valence-electron chi connectivity index (χ3n) is 13.3. The molecule has 1 aliphatic carbocycles. The molecule has 3 unspecified atom stereocenters. The van der Waals surface area contributed by atoms with E-state index in [0.717, 1.165) is 39.0 Å². The van der Waals surface area contributed by atoms with E-state index in [-0.39, 0.29) is 43.0 Å². The molecule has 6 N–H and O–H groups in total. The number of Topliss-reactive ketones (excluding diaryl/α,β-unsaturated/α-hetero) is 1. The Kier molecular flexibility index (Phi) is 30.5. The van der Waals surface area contributed by atoms with Crippen LogP contribution in [0, 0.1) is 30.5 Å². The van der Waals surface area contributed by atoms with Gasteiger partial charge in [-0.2, -0.15) is 0 Å². The van der Waals surface area contributed by atoms with Crippen molar-refractivity contribution in [1.29, 1.82) is 0 Å². The lowest BCUT2D eigenvalue weighted by molar-refractivity contribution is -0.131. The summed E-state index contributed by atoms with van der Waals surface area (Å²) in [6.45, 7) is 25.8. The molecule has 0 radical (unpaired) electrons. The fraction of sp³-hybridized carbons (Fsp3) is 0.413. The van der Waals surface area contributed by atoms with Gasteiger partial charge in [-0.1, -0.05) is 125 Å². The van der Waals surface area contributed by atoms with Crippen molar-refractivity contribution in [1.82, 2.24) is 36.2 Å². The number of methoxy groups -OCH3 is 1. The van der Waals surface area contributed by atoms with Gasteiger partial charge in [-0.15, -0.1) is 6.58 Å². The van der Waals surface area contributed by atoms with Crippen molar-refractivity contribution in [3.8, 4) is 11.8 Å². The number of halogens is 2. The number of hydrogen-bond donors (Lipinski definition) is 7. The predicted octanol–water partition coefficient (Wildman–Crippen LogP) is 8.61. The maximum atomic E-state index is 15.2. The molecule has 1 aliphatic rings. The van der Waals surface area contributed by atoms with Crippen molar-refractivity contribution >= 4 is 71.5 Å². The smallest absolute Gasteiger partial charge is 0.246 e. The van der Waals surface area contributed by atoms with E-state index in [9.17, 15) is 28.8 Å². The number of unbranched alkanes of at least 4 members (excludes halogenated alkanes) is 1. The summed E-state index contributed by atoms with van der Waals surface area (Å²) in [4.78, 5) is 83.0. The number of carbonyl (C=O) groups excluding carboxylic acids is 6. The van der Waals surface area contributed by atoms with Crippen molar-refractivity contribution in [3.05, 3.63) is 159 Å². The standard InChI is InChI=1S/C63H82ClFN8O8S/c1-13-23-49(43(8)40(5)30-51(48(15-3)16-4)52(37-80-12)44(9)74)61-54(29-28-50-60(61)41(6)31-53(65)62(50)64)71-59(78)38-81-39-70-57(76)35-69-63(79)55(32-47-26-21-18-22-27-47)72-58(77)36-68-56(75)34-66-42(7)24-19-17-20-25-46(14-2)33-67-45(10)73(11)82/h14-15,18,21-22,26-27,30-31,33,48,54-55,66,82H,3,7-8,10,13,16-17,19,23-24,28-29,32,34-39H2,1-2,4-6,9,11-12H3,(H,68,75)(H,69,79)(H,70,76)(H,71,78)(H,72,77)/b40-30+,46-14-,52-51+,61-49-,67-33?. The van der Waals surface area contributed by atoms with E-state index in [1.807, 2.05) is 52.0 Å². The molecule has 0 spiro atoms. The summed E-state index contributed by atoms with van der Waals surface area (Å²) < 4.78 is 27.7. The maximum Gasteiger partial charge on any atom is 0.246 e. The molecular weight excluding hydrogens is 1080 g/mol. The van der Waals surface area contributed by atoms with Gasteiger partial charge in [-0.05, 0) is 122 Å². The first-order chi connectivity index (χ1) is 39.1. The molecule has 0 saturated carbocycles. The number of ether oxygens (including phenoxy) is 2. The fourth-order valence-electron chi connectivity index (χ4n) is 8.93. The highest BCUT2D eigenvalue weighted by Gasteiger charge is 2.33. The van der Waals surface area contributed by atoms with Gasteiger partial charge in [0.1, 0.15) is 31.0 Å². The molecule has 82 heavy (non-hydrogen) atoms. The van der Waals surface area contributed by atoms with Gasteiger partial charge in [-0.3, -0.25) is 28.8 Å². The van der Waals surface area contributed by atoms with Crippen molar-refractivity contribution < 1.29 is 42.6 Å². The first-order valence-electron chi connectivity index (χ1n) is 27.3. The Morgan fingerprint density at radius 2 is 1.65 bits per heavy atom. The molecule has 442 valence electrons. The van der Waals surface area contributed by atoms with E-state index >= 15 is 4.39 Å². The van der Waals surface area contributed by atoms with Crippen molar-refractivity contribution in [2.45, 2.75) is 111 Å². The van der Waals surface area contributed by atoms with Gasteiger partial charge in [0.2, 0.25) is 29.5 Å². The minimum absolute atomic E-state index is 0.0166. The first-order valence-corrected chi connectivity index (χ1v) is 28.1. The largest absolute Gasteiger partial charge is 0.380 e. The number of rotatable bonds is 33. The third-order valence-corrected chi connectivity index (χ3v) is 14.0. The Hall–Kier alpha value is -7.30. The Morgan fingerprint density at radius 1 is 0.963 bits per heavy atom. The fourth-order valence-corrected chi connectivity index (χ4v) is 9.22. The number of hydrogen-bond acceptors (Lipinski definition) is 12. The van der Waals surface area contributed by atoms with Crippen molar-refractivity contribution in [2.75, 3.05) is 53.7 Å². The molecule has 3 rings (SSSR count). The molecule has 0 fully saturated rings. The zero-order valence-electron chi connectivity index (χ0n) is 48.8. The van der Waals surface area contributed by atoms with E-state index in [1.165, 1.54) is 24.4 Å².